The van der Waals surface area contributed by atoms with Crippen LogP contribution in [0.25, 0.3) is 0 Å². The zero-order valence-electron chi connectivity index (χ0n) is 11.2. The van der Waals surface area contributed by atoms with Crippen molar-refractivity contribution in [1.29, 1.82) is 0 Å². The Kier molecular flexibility index (Phi) is 7.94. The van der Waals surface area contributed by atoms with E-state index in [4.69, 9.17) is 17.3 Å². The van der Waals surface area contributed by atoms with Crippen LogP contribution < -0.4 is 11.1 Å². The Bertz CT molecular complexity index is 378. The maximum absolute atomic E-state index is 9.80. The fourth-order valence-electron chi connectivity index (χ4n) is 2.03. The van der Waals surface area contributed by atoms with E-state index in [2.05, 4.69) is 17.4 Å². The largest absolute Gasteiger partial charge is 0.369 e. The lowest BCUT2D eigenvalue weighted by Gasteiger charge is -2.22. The predicted octanol–water partition coefficient (Wildman–Crippen LogP) is 2.64. The molecule has 0 bridgehead atoms. The standard InChI is InChI=1S/C11H14ClN.C3H7NOS/c12-11-3-1-9(2-4-11)10-5-7-13-8-6-10;1-6-2-3(4)5/h1-4,10,13H,5-8H2;2H2,1H3,(H2,4,5). The fourth-order valence-corrected chi connectivity index (χ4v) is 2.44. The topological polar surface area (TPSA) is 55.1 Å². The zero-order chi connectivity index (χ0) is 14.1. The Morgan fingerprint density at radius 2 is 1.95 bits per heavy atom. The number of carbonyl (C=O) groups is 1. The third-order valence-corrected chi connectivity index (χ3v) is 3.79. The van der Waals surface area contributed by atoms with Gasteiger partial charge in [0.1, 0.15) is 0 Å². The predicted molar refractivity (Wildman–Crippen MR) is 83.9 cm³/mol. The van der Waals surface area contributed by atoms with Gasteiger partial charge in [0.2, 0.25) is 5.91 Å². The first-order valence-electron chi connectivity index (χ1n) is 6.37. The molecule has 1 fully saturated rings. The summed E-state index contributed by atoms with van der Waals surface area (Å²) in [4.78, 5) is 9.80. The summed E-state index contributed by atoms with van der Waals surface area (Å²) in [6, 6.07) is 8.27. The number of thioether (sulfide) groups is 1. The smallest absolute Gasteiger partial charge is 0.227 e. The van der Waals surface area contributed by atoms with Gasteiger partial charge >= 0.3 is 0 Å². The molecule has 2 rings (SSSR count). The molecule has 1 saturated heterocycles. The van der Waals surface area contributed by atoms with Gasteiger partial charge in [-0.25, -0.2) is 0 Å². The van der Waals surface area contributed by atoms with Crippen LogP contribution in [0.15, 0.2) is 24.3 Å². The number of rotatable bonds is 3. The van der Waals surface area contributed by atoms with E-state index in [9.17, 15) is 4.79 Å². The number of carbonyl (C=O) groups excluding carboxylic acids is 1. The van der Waals surface area contributed by atoms with Gasteiger partial charge in [-0.05, 0) is 55.8 Å². The lowest BCUT2D eigenvalue weighted by atomic mass is 9.90. The second-order valence-corrected chi connectivity index (χ2v) is 5.78. The van der Waals surface area contributed by atoms with Gasteiger partial charge in [-0.1, -0.05) is 23.7 Å². The normalized spacial score (nSPS) is 15.5. The van der Waals surface area contributed by atoms with Crippen LogP contribution in [0.2, 0.25) is 5.02 Å². The molecular weight excluding hydrogens is 280 g/mol. The molecule has 1 aromatic rings. The highest BCUT2D eigenvalue weighted by molar-refractivity contribution is 7.99. The first-order chi connectivity index (χ1) is 9.13. The summed E-state index contributed by atoms with van der Waals surface area (Å²) in [5.41, 5.74) is 6.18. The van der Waals surface area contributed by atoms with Gasteiger partial charge in [0, 0.05) is 5.02 Å². The van der Waals surface area contributed by atoms with E-state index in [-0.39, 0.29) is 5.91 Å². The van der Waals surface area contributed by atoms with Gasteiger partial charge in [0.05, 0.1) is 5.75 Å². The third-order valence-electron chi connectivity index (χ3n) is 2.97. The Balaban J connectivity index is 0.000000258. The first-order valence-corrected chi connectivity index (χ1v) is 8.14. The summed E-state index contributed by atoms with van der Waals surface area (Å²) < 4.78 is 0. The van der Waals surface area contributed by atoms with Crippen LogP contribution >= 0.6 is 23.4 Å². The zero-order valence-corrected chi connectivity index (χ0v) is 12.8. The minimum atomic E-state index is -0.248. The Morgan fingerprint density at radius 3 is 2.37 bits per heavy atom. The molecule has 0 aromatic heterocycles. The van der Waals surface area contributed by atoms with Crippen molar-refractivity contribution < 1.29 is 4.79 Å². The van der Waals surface area contributed by atoms with Crippen molar-refractivity contribution in [2.75, 3.05) is 25.1 Å². The molecule has 1 amide bonds. The van der Waals surface area contributed by atoms with Crippen molar-refractivity contribution in [2.45, 2.75) is 18.8 Å². The second-order valence-electron chi connectivity index (χ2n) is 4.48. The van der Waals surface area contributed by atoms with Crippen molar-refractivity contribution in [2.24, 2.45) is 5.73 Å². The van der Waals surface area contributed by atoms with E-state index < -0.39 is 0 Å². The lowest BCUT2D eigenvalue weighted by Crippen LogP contribution is -2.26. The molecule has 0 atom stereocenters. The molecule has 106 valence electrons. The van der Waals surface area contributed by atoms with E-state index in [1.54, 1.807) is 0 Å². The van der Waals surface area contributed by atoms with Crippen molar-refractivity contribution in [3.8, 4) is 0 Å². The van der Waals surface area contributed by atoms with Crippen molar-refractivity contribution in [3.05, 3.63) is 34.9 Å². The summed E-state index contributed by atoms with van der Waals surface area (Å²) in [6.45, 7) is 2.29. The number of amides is 1. The van der Waals surface area contributed by atoms with Gasteiger partial charge < -0.3 is 11.1 Å². The minimum Gasteiger partial charge on any atom is -0.369 e. The molecule has 0 spiro atoms. The number of benzene rings is 1. The number of piperidine rings is 1. The van der Waals surface area contributed by atoms with Gasteiger partial charge in [0.25, 0.3) is 0 Å². The summed E-state index contributed by atoms with van der Waals surface area (Å²) >= 11 is 7.27. The van der Waals surface area contributed by atoms with E-state index in [0.29, 0.717) is 5.75 Å². The molecule has 5 heteroatoms. The lowest BCUT2D eigenvalue weighted by molar-refractivity contribution is -0.115. The molecular formula is C14H21ClN2OS. The van der Waals surface area contributed by atoms with Crippen LogP contribution in [-0.2, 0) is 4.79 Å². The van der Waals surface area contributed by atoms with Crippen molar-refractivity contribution >= 4 is 29.3 Å². The van der Waals surface area contributed by atoms with E-state index in [1.807, 2.05) is 18.4 Å². The molecule has 1 aliphatic heterocycles. The molecule has 3 N–H and O–H groups in total. The fraction of sp³-hybridized carbons (Fsp3) is 0.500. The SMILES string of the molecule is CSCC(N)=O.Clc1ccc(C2CCNCC2)cc1. The summed E-state index contributed by atoms with van der Waals surface area (Å²) in [7, 11) is 0. The van der Waals surface area contributed by atoms with E-state index >= 15 is 0 Å². The molecule has 0 radical (unpaired) electrons. The van der Waals surface area contributed by atoms with Crippen molar-refractivity contribution in [3.63, 3.8) is 0 Å². The molecule has 1 aromatic carbocycles. The molecule has 0 saturated carbocycles. The monoisotopic (exact) mass is 300 g/mol. The number of hydrogen-bond donors (Lipinski definition) is 2. The van der Waals surface area contributed by atoms with Gasteiger partial charge in [-0.3, -0.25) is 4.79 Å². The Labute approximate surface area is 124 Å². The highest BCUT2D eigenvalue weighted by atomic mass is 35.5. The Morgan fingerprint density at radius 1 is 1.37 bits per heavy atom. The van der Waals surface area contributed by atoms with Crippen LogP contribution in [-0.4, -0.2) is 31.0 Å². The van der Waals surface area contributed by atoms with Gasteiger partial charge in [-0.15, -0.1) is 0 Å². The maximum Gasteiger partial charge on any atom is 0.227 e. The highest BCUT2D eigenvalue weighted by Gasteiger charge is 2.14. The van der Waals surface area contributed by atoms with Crippen LogP contribution in [0.3, 0.4) is 0 Å². The maximum atomic E-state index is 9.80. The van der Waals surface area contributed by atoms with Gasteiger partial charge in [0.15, 0.2) is 0 Å². The van der Waals surface area contributed by atoms with Crippen LogP contribution in [0.4, 0.5) is 0 Å². The third kappa shape index (κ3) is 6.85. The molecule has 1 aliphatic rings. The highest BCUT2D eigenvalue weighted by Crippen LogP contribution is 2.25. The first kappa shape index (κ1) is 16.3. The average Bonchev–Trinajstić information content (AvgIpc) is 2.41. The quantitative estimate of drug-likeness (QED) is 0.902. The molecule has 19 heavy (non-hydrogen) atoms. The number of nitrogens with one attached hydrogen (secondary N) is 1. The van der Waals surface area contributed by atoms with E-state index in [0.717, 1.165) is 24.0 Å². The number of halogens is 1. The number of nitrogens with two attached hydrogens (primary N) is 1. The van der Waals surface area contributed by atoms with Crippen LogP contribution in [0.1, 0.15) is 24.3 Å². The molecule has 1 heterocycles. The second kappa shape index (κ2) is 9.23. The summed E-state index contributed by atoms with van der Waals surface area (Å²) in [5, 5.41) is 4.20. The Hall–Kier alpha value is -0.710. The minimum absolute atomic E-state index is 0.248. The molecule has 0 aliphatic carbocycles. The van der Waals surface area contributed by atoms with Gasteiger partial charge in [-0.2, -0.15) is 11.8 Å². The van der Waals surface area contributed by atoms with Crippen LogP contribution in [0.5, 0.6) is 0 Å². The number of hydrogen-bond acceptors (Lipinski definition) is 3. The van der Waals surface area contributed by atoms with Crippen LogP contribution in [0, 0.1) is 0 Å². The summed E-state index contributed by atoms with van der Waals surface area (Å²) in [5.74, 6) is 0.918. The van der Waals surface area contributed by atoms with E-state index in [1.165, 1.54) is 30.2 Å². The molecule has 3 nitrogen and oxygen atoms in total. The van der Waals surface area contributed by atoms with Crippen molar-refractivity contribution in [1.82, 2.24) is 5.32 Å². The average molecular weight is 301 g/mol. The molecule has 0 unspecified atom stereocenters. The summed E-state index contributed by atoms with van der Waals surface area (Å²) in [6.07, 6.45) is 4.34. The number of primary amides is 1.